The number of rotatable bonds is 8. The largest absolute Gasteiger partial charge is 0.456 e. The van der Waals surface area contributed by atoms with Gasteiger partial charge in [0.05, 0.1) is 0 Å². The fourth-order valence-corrected chi connectivity index (χ4v) is 14.3. The molecule has 5 aromatic heterocycles. The monoisotopic (exact) mass is 1280 g/mol. The molecule has 98 heavy (non-hydrogen) atoms. The molecule has 20 rings (SSSR count). The summed E-state index contributed by atoms with van der Waals surface area (Å²) >= 11 is 5.97. The van der Waals surface area contributed by atoms with Crippen molar-refractivity contribution >= 4 is 144 Å². The minimum Gasteiger partial charge on any atom is -0.456 e. The van der Waals surface area contributed by atoms with Crippen molar-refractivity contribution in [3.63, 3.8) is 0 Å². The van der Waals surface area contributed by atoms with Crippen molar-refractivity contribution in [3.05, 3.63) is 339 Å². The Labute approximate surface area is 567 Å². The molecule has 0 aliphatic heterocycles. The number of benzene rings is 15. The van der Waals surface area contributed by atoms with Gasteiger partial charge < -0.3 is 32.7 Å². The Kier molecular flexibility index (Phi) is 14.3. The summed E-state index contributed by atoms with van der Waals surface area (Å²) in [6.45, 7) is 0. The molecule has 0 bridgehead atoms. The molecule has 8 heteroatoms. The van der Waals surface area contributed by atoms with Crippen LogP contribution in [0.25, 0.3) is 165 Å². The van der Waals surface area contributed by atoms with Crippen LogP contribution in [0.4, 0.5) is 22.7 Å². The average molecular weight is 1280 g/mol. The second-order valence-corrected chi connectivity index (χ2v) is 24.9. The highest BCUT2D eigenvalue weighted by Gasteiger charge is 2.20. The molecular formula is C90H57ClN2O5. The molecule has 0 saturated carbocycles. The quantitative estimate of drug-likeness (QED) is 0.151. The van der Waals surface area contributed by atoms with Crippen LogP contribution in [-0.2, 0) is 0 Å². The Hall–Kier alpha value is -12.8. The van der Waals surface area contributed by atoms with Gasteiger partial charge in [-0.1, -0.05) is 224 Å². The summed E-state index contributed by atoms with van der Waals surface area (Å²) in [5, 5.41) is 12.1. The lowest BCUT2D eigenvalue weighted by atomic mass is 9.98. The first kappa shape index (κ1) is 57.8. The standard InChI is InChI=1S/C54H33NO3.C18H11ClO.C18H13NO/c1-4-16-46-43(10-1)52-40(13-7-19-49(52)56-46)34-22-28-37(29-23-34)55(38-30-24-35(25-31-38)41-14-8-20-50-53(41)44-11-2-5-17-47(44)57-50)39-32-26-36(27-33-39)42-15-9-21-51-54(42)45-12-3-6-18-48(45)58-51;2*19-13-10-8-12(9-11-13)14-5-3-7-17-18(14)15-4-1-2-6-16(15)20-17/h1-33H;1-11H;1-11H,19H2. The predicted octanol–water partition coefficient (Wildman–Crippen LogP) is 26.6. The average Bonchev–Trinajstić information content (AvgIpc) is 1.58. The number of anilines is 4. The molecule has 0 saturated heterocycles. The zero-order valence-electron chi connectivity index (χ0n) is 52.7. The van der Waals surface area contributed by atoms with Crippen LogP contribution in [-0.4, -0.2) is 0 Å². The summed E-state index contributed by atoms with van der Waals surface area (Å²) in [5.41, 5.74) is 30.2. The van der Waals surface area contributed by atoms with Gasteiger partial charge in [0.15, 0.2) is 0 Å². The smallest absolute Gasteiger partial charge is 0.136 e. The zero-order chi connectivity index (χ0) is 65.2. The van der Waals surface area contributed by atoms with Crippen LogP contribution in [0.5, 0.6) is 0 Å². The molecule has 0 amide bonds. The van der Waals surface area contributed by atoms with Crippen LogP contribution in [0, 0.1) is 0 Å². The van der Waals surface area contributed by atoms with Gasteiger partial charge in [0.25, 0.3) is 0 Å². The third kappa shape index (κ3) is 10.2. The van der Waals surface area contributed by atoms with Gasteiger partial charge in [-0.15, -0.1) is 0 Å². The van der Waals surface area contributed by atoms with E-state index in [9.17, 15) is 0 Å². The molecule has 0 unspecified atom stereocenters. The van der Waals surface area contributed by atoms with E-state index in [0.29, 0.717) is 0 Å². The van der Waals surface area contributed by atoms with Gasteiger partial charge in [-0.05, 0) is 177 Å². The summed E-state index contributed by atoms with van der Waals surface area (Å²) in [7, 11) is 0. The number of para-hydroxylation sites is 5. The molecule has 7 nitrogen and oxygen atoms in total. The highest BCUT2D eigenvalue weighted by atomic mass is 35.5. The van der Waals surface area contributed by atoms with Gasteiger partial charge >= 0.3 is 0 Å². The highest BCUT2D eigenvalue weighted by Crippen LogP contribution is 2.45. The molecule has 0 spiro atoms. The first-order valence-electron chi connectivity index (χ1n) is 32.7. The second-order valence-electron chi connectivity index (χ2n) is 24.5. The van der Waals surface area contributed by atoms with Crippen LogP contribution >= 0.6 is 11.6 Å². The van der Waals surface area contributed by atoms with E-state index in [1.807, 2.05) is 164 Å². The lowest BCUT2D eigenvalue weighted by Crippen LogP contribution is -2.09. The van der Waals surface area contributed by atoms with Gasteiger partial charge in [0, 0.05) is 81.6 Å². The number of hydrogen-bond donors (Lipinski definition) is 1. The number of nitrogen functional groups attached to an aromatic ring is 1. The Morgan fingerprint density at radius 1 is 0.204 bits per heavy atom. The lowest BCUT2D eigenvalue weighted by Gasteiger charge is -2.26. The third-order valence-electron chi connectivity index (χ3n) is 18.7. The minimum absolute atomic E-state index is 0.748. The van der Waals surface area contributed by atoms with E-state index in [4.69, 9.17) is 39.4 Å². The SMILES string of the molecule is Clc1ccc(-c2cccc3oc4ccccc4c23)cc1.Nc1ccc(-c2cccc3oc4ccccc4c23)cc1.c1ccc2c(c1)oc1cccc(-c3ccc(N(c4ccc(-c5cccc6oc7ccccc7c56)cc4)c4ccc(-c5cccc6oc7ccccc7c56)cc4)cc3)c12. The molecule has 2 N–H and O–H groups in total. The van der Waals surface area contributed by atoms with Crippen molar-refractivity contribution in [1.29, 1.82) is 0 Å². The van der Waals surface area contributed by atoms with E-state index in [-0.39, 0.29) is 0 Å². The van der Waals surface area contributed by atoms with E-state index >= 15 is 0 Å². The second kappa shape index (κ2) is 24.2. The summed E-state index contributed by atoms with van der Waals surface area (Å²) in [6, 6.07) is 115. The van der Waals surface area contributed by atoms with Gasteiger partial charge in [0.1, 0.15) is 55.8 Å². The number of hydrogen-bond acceptors (Lipinski definition) is 7. The zero-order valence-corrected chi connectivity index (χ0v) is 53.5. The summed E-state index contributed by atoms with van der Waals surface area (Å²) in [5.74, 6) is 0. The number of halogens is 1. The maximum Gasteiger partial charge on any atom is 0.136 e. The molecule has 5 heterocycles. The Morgan fingerprint density at radius 2 is 0.408 bits per heavy atom. The van der Waals surface area contributed by atoms with Gasteiger partial charge in [-0.25, -0.2) is 0 Å². The topological polar surface area (TPSA) is 95.0 Å². The lowest BCUT2D eigenvalue weighted by molar-refractivity contribution is 0.668. The van der Waals surface area contributed by atoms with Crippen molar-refractivity contribution in [1.82, 2.24) is 0 Å². The van der Waals surface area contributed by atoms with E-state index in [1.54, 1.807) is 0 Å². The normalized spacial score (nSPS) is 11.6. The Balaban J connectivity index is 0.000000140. The summed E-state index contributed by atoms with van der Waals surface area (Å²) in [6.07, 6.45) is 0. The van der Waals surface area contributed by atoms with E-state index < -0.39 is 0 Å². The van der Waals surface area contributed by atoms with Crippen LogP contribution < -0.4 is 10.6 Å². The third-order valence-corrected chi connectivity index (χ3v) is 19.0. The number of fused-ring (bicyclic) bond motifs is 15. The molecular weight excluding hydrogens is 1220 g/mol. The Bertz CT molecular complexity index is 5850. The van der Waals surface area contributed by atoms with Gasteiger partial charge in [-0.3, -0.25) is 0 Å². The fourth-order valence-electron chi connectivity index (χ4n) is 14.2. The van der Waals surface area contributed by atoms with Gasteiger partial charge in [0.2, 0.25) is 0 Å². The highest BCUT2D eigenvalue weighted by molar-refractivity contribution is 6.30. The number of nitrogens with two attached hydrogens (primary N) is 1. The molecule has 464 valence electrons. The fraction of sp³-hybridized carbons (Fsp3) is 0. The van der Waals surface area contributed by atoms with Crippen LogP contribution in [0.15, 0.2) is 356 Å². The van der Waals surface area contributed by atoms with Crippen molar-refractivity contribution in [2.45, 2.75) is 0 Å². The van der Waals surface area contributed by atoms with Gasteiger partial charge in [-0.2, -0.15) is 0 Å². The van der Waals surface area contributed by atoms with Crippen molar-refractivity contribution < 1.29 is 22.1 Å². The maximum atomic E-state index is 6.24. The number of furan rings is 5. The van der Waals surface area contributed by atoms with Crippen LogP contribution in [0.3, 0.4) is 0 Å². The van der Waals surface area contributed by atoms with Crippen LogP contribution in [0.1, 0.15) is 0 Å². The first-order valence-corrected chi connectivity index (χ1v) is 33.0. The van der Waals surface area contributed by atoms with E-state index in [1.165, 1.54) is 11.1 Å². The first-order chi connectivity index (χ1) is 48.4. The molecule has 0 fully saturated rings. The van der Waals surface area contributed by atoms with Crippen molar-refractivity contribution in [2.75, 3.05) is 10.6 Å². The van der Waals surface area contributed by atoms with Crippen LogP contribution in [0.2, 0.25) is 5.02 Å². The van der Waals surface area contributed by atoms with E-state index in [2.05, 4.69) is 175 Å². The summed E-state index contributed by atoms with van der Waals surface area (Å²) in [4.78, 5) is 2.33. The van der Waals surface area contributed by atoms with E-state index in [0.717, 1.165) is 182 Å². The molecule has 0 aliphatic carbocycles. The molecule has 20 aromatic rings. The van der Waals surface area contributed by atoms with Crippen molar-refractivity contribution in [3.8, 4) is 55.6 Å². The number of nitrogens with zero attached hydrogens (tertiary/aromatic N) is 1. The molecule has 0 radical (unpaired) electrons. The Morgan fingerprint density at radius 3 is 0.653 bits per heavy atom. The maximum absolute atomic E-state index is 6.24. The van der Waals surface area contributed by atoms with Crippen molar-refractivity contribution in [2.24, 2.45) is 0 Å². The molecule has 15 aromatic carbocycles. The minimum atomic E-state index is 0.748. The predicted molar refractivity (Wildman–Crippen MR) is 407 cm³/mol. The molecule has 0 atom stereocenters. The summed E-state index contributed by atoms with van der Waals surface area (Å²) < 4.78 is 30.5. The molecule has 0 aliphatic rings.